The van der Waals surface area contributed by atoms with Crippen molar-refractivity contribution in [1.29, 1.82) is 0 Å². The predicted octanol–water partition coefficient (Wildman–Crippen LogP) is 13.0. The van der Waals surface area contributed by atoms with Crippen molar-refractivity contribution in [2.45, 2.75) is 48.9 Å². The van der Waals surface area contributed by atoms with Crippen molar-refractivity contribution in [3.8, 4) is 0 Å². The Hall–Kier alpha value is -4.47. The maximum atomic E-state index is 12.3. The van der Waals surface area contributed by atoms with Crippen LogP contribution in [0.2, 0.25) is 0 Å². The predicted molar refractivity (Wildman–Crippen MR) is 149 cm³/mol. The Morgan fingerprint density at radius 3 is 0.806 bits per heavy atom. The van der Waals surface area contributed by atoms with Crippen molar-refractivity contribution in [1.82, 2.24) is 0 Å². The van der Waals surface area contributed by atoms with E-state index in [9.17, 15) is 167 Å². The van der Waals surface area contributed by atoms with E-state index in [1.165, 1.54) is 0 Å². The zero-order chi connectivity index (χ0) is 60.9. The summed E-state index contributed by atoms with van der Waals surface area (Å²) in [5.41, 5.74) is 0. The Morgan fingerprint density at radius 2 is 0.653 bits per heavy atom. The van der Waals surface area contributed by atoms with E-state index in [-0.39, 0.29) is 0 Å². The van der Waals surface area contributed by atoms with Crippen LogP contribution >= 0.6 is 0 Å². The molecule has 0 saturated carbocycles. The van der Waals surface area contributed by atoms with E-state index < -0.39 is 159 Å². The van der Waals surface area contributed by atoms with Crippen LogP contribution in [-0.4, -0.2) is 96.2 Å². The lowest BCUT2D eigenvalue weighted by Gasteiger charge is -2.29. The number of ether oxygens (including phenoxy) is 3. The number of rotatable bonds is 14. The van der Waals surface area contributed by atoms with Crippen molar-refractivity contribution < 1.29 is 212 Å². The molecule has 440 valence electrons. The van der Waals surface area contributed by atoms with E-state index in [1.807, 2.05) is 4.94 Å². The standard InChI is InChI=1S/C6H2F10O.C5H2F8O.C4H2F6O.C2H2F4O.C2HF3O2S.3F2O2S/c7-1-4(11,12)5(13,14)6(15,16)17-3(10)2(8)9;6-2(7)3(8)14-5(12,13)1-4(9,10)11;5-1-4(9,10)11-3(8)2(6)7;3-1-2(4,5)7-6;3-2(4)1-8(5,6)7;3*1-5(2,3)4/h1H2;1H2;1H2;1H2;1H;;;. The third-order valence-corrected chi connectivity index (χ3v) is 3.65. The van der Waals surface area contributed by atoms with E-state index in [0.717, 1.165) is 0 Å². The second-order valence-corrected chi connectivity index (χ2v) is 12.4. The maximum Gasteiger partial charge on any atom is 0.476 e. The third kappa shape index (κ3) is 67.6. The highest BCUT2D eigenvalue weighted by molar-refractivity contribution is 7.89. The van der Waals surface area contributed by atoms with Crippen LogP contribution in [0.1, 0.15) is 6.42 Å². The topological polar surface area (TPSA) is 173 Å². The van der Waals surface area contributed by atoms with Gasteiger partial charge >= 0.3 is 121 Å². The minimum Gasteiger partial charge on any atom is -0.402 e. The number of hydrogen-bond acceptors (Lipinski definition) is 12. The van der Waals surface area contributed by atoms with Crippen LogP contribution in [0.4, 0.5) is 159 Å². The Kier molecular flexibility index (Phi) is 39.9. The molecular formula is C19H9F37O12S4. The molecule has 0 heterocycles. The lowest BCUT2D eigenvalue weighted by Crippen LogP contribution is -2.56. The average Bonchev–Trinajstić information content (AvgIpc) is 3.07. The molecule has 0 aromatic carbocycles. The fraction of sp³-hybridized carbons (Fsp3) is 0.579. The van der Waals surface area contributed by atoms with E-state index in [0.29, 0.717) is 0 Å². The minimum atomic E-state index is -6.51. The summed E-state index contributed by atoms with van der Waals surface area (Å²) in [5.74, 6) is -12.4. The lowest BCUT2D eigenvalue weighted by atomic mass is 10.2. The van der Waals surface area contributed by atoms with E-state index in [1.54, 1.807) is 0 Å². The Morgan fingerprint density at radius 1 is 0.403 bits per heavy atom. The van der Waals surface area contributed by atoms with Crippen molar-refractivity contribution in [3.63, 3.8) is 0 Å². The highest BCUT2D eigenvalue weighted by Crippen LogP contribution is 2.47. The number of alkyl halides is 18. The fourth-order valence-corrected chi connectivity index (χ4v) is 1.49. The van der Waals surface area contributed by atoms with Gasteiger partial charge in [-0.3, -0.25) is 0 Å². The summed E-state index contributed by atoms with van der Waals surface area (Å²) in [6.07, 6.45) is -40.8. The van der Waals surface area contributed by atoms with Crippen molar-refractivity contribution >= 4 is 42.1 Å². The molecule has 0 amide bonds. The second-order valence-electron chi connectivity index (χ2n) is 8.90. The fourth-order valence-electron chi connectivity index (χ4n) is 1.28. The lowest BCUT2D eigenvalue weighted by molar-refractivity contribution is -0.394. The van der Waals surface area contributed by atoms with Gasteiger partial charge in [-0.2, -0.15) is 148 Å². The molecule has 0 unspecified atom stereocenters. The molecule has 12 nitrogen and oxygen atoms in total. The van der Waals surface area contributed by atoms with Crippen molar-refractivity contribution in [3.05, 3.63) is 47.8 Å². The van der Waals surface area contributed by atoms with Gasteiger partial charge in [0, 0.05) is 0 Å². The highest BCUT2D eigenvalue weighted by Gasteiger charge is 2.74. The van der Waals surface area contributed by atoms with Gasteiger partial charge in [0.15, 0.2) is 20.0 Å². The quantitative estimate of drug-likeness (QED) is 0.0916. The normalized spacial score (nSPS) is 12.1. The van der Waals surface area contributed by atoms with E-state index in [2.05, 4.69) is 14.2 Å². The van der Waals surface area contributed by atoms with Crippen LogP contribution in [0.15, 0.2) is 47.8 Å². The van der Waals surface area contributed by atoms with Gasteiger partial charge in [-0.25, -0.2) is 13.2 Å². The molecule has 0 aliphatic heterocycles. The summed E-state index contributed by atoms with van der Waals surface area (Å²) in [7, 11) is -22.1. The Balaban J connectivity index is -0.000000113. The van der Waals surface area contributed by atoms with Crippen LogP contribution in [0.5, 0.6) is 0 Å². The highest BCUT2D eigenvalue weighted by atomic mass is 32.3. The summed E-state index contributed by atoms with van der Waals surface area (Å²) in [6, 6.07) is -9.27. The molecule has 72 heavy (non-hydrogen) atoms. The van der Waals surface area contributed by atoms with Gasteiger partial charge in [-0.15, -0.1) is 8.83 Å². The molecule has 0 radical (unpaired) electrons. The van der Waals surface area contributed by atoms with Crippen LogP contribution in [0.25, 0.3) is 0 Å². The SMILES string of the molecule is FC(F)=C(F)OC(F)(F)CC(F)(F)F.FCC(F)(F)C(F)(F)C(F)(F)OC(F)=C(F)F.FCC(F)(F)OC(F)=C(F)F.FCC(F)(F)OF.O=S(=O)(F)C=C(F)F.O=S(=O)(F)F.O=S(=O)(F)F.O=S(=O)(F)F. The first kappa shape index (κ1) is 84.3. The molecule has 0 bridgehead atoms. The van der Waals surface area contributed by atoms with Crippen molar-refractivity contribution in [2.75, 3.05) is 20.0 Å². The first-order chi connectivity index (χ1) is 30.8. The molecule has 0 spiro atoms. The Bertz CT molecular complexity index is 2020. The van der Waals surface area contributed by atoms with Gasteiger partial charge in [0.2, 0.25) is 0 Å². The third-order valence-electron chi connectivity index (χ3n) is 3.19. The smallest absolute Gasteiger partial charge is 0.402 e. The van der Waals surface area contributed by atoms with Gasteiger partial charge < -0.3 is 14.2 Å². The maximum absolute atomic E-state index is 12.3. The molecule has 0 N–H and O–H groups in total. The molecule has 0 aromatic heterocycles. The molecular weight excluding hydrogens is 1250 g/mol. The molecule has 0 atom stereocenters. The van der Waals surface area contributed by atoms with Crippen LogP contribution in [-0.2, 0) is 61.2 Å². The first-order valence-corrected chi connectivity index (χ1v) is 18.6. The largest absolute Gasteiger partial charge is 0.476 e. The van der Waals surface area contributed by atoms with Crippen LogP contribution in [0.3, 0.4) is 0 Å². The van der Waals surface area contributed by atoms with Gasteiger partial charge in [0.25, 0.3) is 6.08 Å². The van der Waals surface area contributed by atoms with E-state index in [4.69, 9.17) is 25.3 Å². The molecule has 53 heteroatoms. The zero-order valence-electron chi connectivity index (χ0n) is 30.9. The molecule has 0 aromatic rings. The summed E-state index contributed by atoms with van der Waals surface area (Å²) in [4.78, 5) is 1.88. The summed E-state index contributed by atoms with van der Waals surface area (Å²) < 4.78 is 489. The van der Waals surface area contributed by atoms with Crippen LogP contribution in [0, 0.1) is 0 Å². The monoisotopic (exact) mass is 1260 g/mol. The van der Waals surface area contributed by atoms with Crippen molar-refractivity contribution in [2.24, 2.45) is 0 Å². The van der Waals surface area contributed by atoms with E-state index >= 15 is 0 Å². The molecule has 0 aliphatic rings. The first-order valence-electron chi connectivity index (χ1n) is 13.3. The second kappa shape index (κ2) is 34.1. The molecule has 0 rings (SSSR count). The van der Waals surface area contributed by atoms with Gasteiger partial charge in [0.1, 0.15) is 11.8 Å². The zero-order valence-corrected chi connectivity index (χ0v) is 34.2. The number of hydrogen-bond donors (Lipinski definition) is 0. The summed E-state index contributed by atoms with van der Waals surface area (Å²) >= 11 is 0. The van der Waals surface area contributed by atoms with Gasteiger partial charge in [-0.1, -0.05) is 23.3 Å². The Labute approximate surface area is 371 Å². The van der Waals surface area contributed by atoms with Crippen LogP contribution < -0.4 is 0 Å². The van der Waals surface area contributed by atoms with Gasteiger partial charge in [-0.05, 0) is 4.53 Å². The minimum absolute atomic E-state index is 0.757. The molecule has 0 saturated heterocycles. The number of halogens is 37. The summed E-state index contributed by atoms with van der Waals surface area (Å²) in [5, 5.41) is -0.757. The van der Waals surface area contributed by atoms with Gasteiger partial charge in [0.05, 0.1) is 0 Å². The molecule has 0 fully saturated rings. The average molecular weight is 1260 g/mol. The summed E-state index contributed by atoms with van der Waals surface area (Å²) in [6.45, 7) is -7.72. The molecule has 0 aliphatic carbocycles.